The predicted molar refractivity (Wildman–Crippen MR) is 96.8 cm³/mol. The first-order valence-electron chi connectivity index (χ1n) is 7.68. The Morgan fingerprint density at radius 1 is 1.12 bits per heavy atom. The zero-order chi connectivity index (χ0) is 17.8. The summed E-state index contributed by atoms with van der Waals surface area (Å²) in [6, 6.07) is 14.4. The van der Waals surface area contributed by atoms with E-state index in [2.05, 4.69) is 4.98 Å². The first-order valence-corrected chi connectivity index (χ1v) is 8.06. The molecule has 2 aromatic carbocycles. The number of carbonyl (C=O) groups is 1. The minimum absolute atomic E-state index is 0.0259. The van der Waals surface area contributed by atoms with Crippen molar-refractivity contribution < 1.29 is 13.9 Å². The van der Waals surface area contributed by atoms with E-state index < -0.39 is 5.97 Å². The highest BCUT2D eigenvalue weighted by molar-refractivity contribution is 6.30. The molecule has 0 saturated heterocycles. The second-order valence-electron chi connectivity index (χ2n) is 5.64. The standard InChI is InChI=1S/C19H17ClN2O3/c1-22(2)16-9-5-14(6-10-16)19(23)24-12-18-21-11-17(25-18)13-3-7-15(20)8-4-13/h3-11H,12H2,1-2H3. The summed E-state index contributed by atoms with van der Waals surface area (Å²) in [6.07, 6.45) is 1.60. The molecule has 0 fully saturated rings. The molecule has 0 amide bonds. The second-order valence-corrected chi connectivity index (χ2v) is 6.08. The summed E-state index contributed by atoms with van der Waals surface area (Å²) in [5.41, 5.74) is 2.35. The number of hydrogen-bond acceptors (Lipinski definition) is 5. The average molecular weight is 357 g/mol. The number of nitrogens with zero attached hydrogens (tertiary/aromatic N) is 2. The lowest BCUT2D eigenvalue weighted by molar-refractivity contribution is 0.0439. The zero-order valence-corrected chi connectivity index (χ0v) is 14.7. The molecule has 0 aliphatic carbocycles. The molecule has 3 rings (SSSR count). The van der Waals surface area contributed by atoms with Gasteiger partial charge in [0.05, 0.1) is 11.8 Å². The topological polar surface area (TPSA) is 55.6 Å². The Balaban J connectivity index is 1.61. The number of hydrogen-bond donors (Lipinski definition) is 0. The van der Waals surface area contributed by atoms with Crippen LogP contribution in [0.4, 0.5) is 5.69 Å². The molecule has 0 N–H and O–H groups in total. The summed E-state index contributed by atoms with van der Waals surface area (Å²) in [5.74, 6) is 0.512. The van der Waals surface area contributed by atoms with Crippen LogP contribution in [0.15, 0.2) is 59.1 Å². The largest absolute Gasteiger partial charge is 0.452 e. The Kier molecular flexibility index (Phi) is 5.05. The van der Waals surface area contributed by atoms with E-state index in [0.29, 0.717) is 22.2 Å². The molecule has 5 nitrogen and oxygen atoms in total. The van der Waals surface area contributed by atoms with Gasteiger partial charge in [-0.1, -0.05) is 11.6 Å². The van der Waals surface area contributed by atoms with Crippen molar-refractivity contribution in [1.29, 1.82) is 0 Å². The Labute approximate surface area is 150 Å². The van der Waals surface area contributed by atoms with Crippen LogP contribution >= 0.6 is 11.6 Å². The highest BCUT2D eigenvalue weighted by Crippen LogP contribution is 2.22. The first kappa shape index (κ1) is 17.0. The van der Waals surface area contributed by atoms with Gasteiger partial charge in [0.2, 0.25) is 5.89 Å². The molecule has 0 bridgehead atoms. The average Bonchev–Trinajstić information content (AvgIpc) is 3.09. The Morgan fingerprint density at radius 2 is 1.80 bits per heavy atom. The maximum atomic E-state index is 12.1. The molecule has 0 aliphatic rings. The van der Waals surface area contributed by atoms with E-state index in [1.54, 1.807) is 30.5 Å². The summed E-state index contributed by atoms with van der Waals surface area (Å²) in [5, 5.41) is 0.651. The van der Waals surface area contributed by atoms with E-state index in [1.165, 1.54) is 0 Å². The Morgan fingerprint density at radius 3 is 2.44 bits per heavy atom. The van der Waals surface area contributed by atoms with Gasteiger partial charge in [-0.25, -0.2) is 9.78 Å². The number of rotatable bonds is 5. The quantitative estimate of drug-likeness (QED) is 0.633. The van der Waals surface area contributed by atoms with E-state index >= 15 is 0 Å². The number of aromatic nitrogens is 1. The maximum Gasteiger partial charge on any atom is 0.338 e. The summed E-state index contributed by atoms with van der Waals surface area (Å²) < 4.78 is 10.9. The molecule has 128 valence electrons. The molecular formula is C19H17ClN2O3. The number of benzene rings is 2. The van der Waals surface area contributed by atoms with E-state index in [-0.39, 0.29) is 6.61 Å². The van der Waals surface area contributed by atoms with Crippen LogP contribution in [0.5, 0.6) is 0 Å². The van der Waals surface area contributed by atoms with Gasteiger partial charge in [0.25, 0.3) is 0 Å². The van der Waals surface area contributed by atoms with Gasteiger partial charge in [-0.05, 0) is 48.5 Å². The molecule has 0 unspecified atom stereocenters. The highest BCUT2D eigenvalue weighted by Gasteiger charge is 2.11. The lowest BCUT2D eigenvalue weighted by Crippen LogP contribution is -2.09. The van der Waals surface area contributed by atoms with Crippen LogP contribution in [0.3, 0.4) is 0 Å². The van der Waals surface area contributed by atoms with Gasteiger partial charge >= 0.3 is 5.97 Å². The lowest BCUT2D eigenvalue weighted by atomic mass is 10.2. The van der Waals surface area contributed by atoms with Crippen LogP contribution in [-0.4, -0.2) is 25.0 Å². The van der Waals surface area contributed by atoms with Gasteiger partial charge in [-0.3, -0.25) is 0 Å². The van der Waals surface area contributed by atoms with Crippen molar-refractivity contribution in [3.8, 4) is 11.3 Å². The molecule has 0 aliphatic heterocycles. The van der Waals surface area contributed by atoms with Crippen molar-refractivity contribution in [2.75, 3.05) is 19.0 Å². The van der Waals surface area contributed by atoms with Crippen LogP contribution in [0.25, 0.3) is 11.3 Å². The Bertz CT molecular complexity index is 855. The van der Waals surface area contributed by atoms with Crippen LogP contribution in [0.1, 0.15) is 16.2 Å². The van der Waals surface area contributed by atoms with Crippen molar-refractivity contribution in [1.82, 2.24) is 4.98 Å². The fourth-order valence-corrected chi connectivity index (χ4v) is 2.36. The number of carbonyl (C=O) groups excluding carboxylic acids is 1. The third kappa shape index (κ3) is 4.19. The summed E-state index contributed by atoms with van der Waals surface area (Å²) in [4.78, 5) is 18.2. The highest BCUT2D eigenvalue weighted by atomic mass is 35.5. The van der Waals surface area contributed by atoms with E-state index in [0.717, 1.165) is 11.3 Å². The molecule has 6 heteroatoms. The van der Waals surface area contributed by atoms with Crippen molar-refractivity contribution >= 4 is 23.3 Å². The molecular weight excluding hydrogens is 340 g/mol. The third-order valence-corrected chi connectivity index (χ3v) is 3.88. The van der Waals surface area contributed by atoms with Crippen molar-refractivity contribution in [2.24, 2.45) is 0 Å². The monoisotopic (exact) mass is 356 g/mol. The lowest BCUT2D eigenvalue weighted by Gasteiger charge is -2.12. The van der Waals surface area contributed by atoms with Crippen LogP contribution in [-0.2, 0) is 11.3 Å². The molecule has 3 aromatic rings. The van der Waals surface area contributed by atoms with Crippen molar-refractivity contribution in [3.05, 3.63) is 71.2 Å². The molecule has 0 saturated carbocycles. The van der Waals surface area contributed by atoms with Gasteiger partial charge in [0.15, 0.2) is 12.4 Å². The van der Waals surface area contributed by atoms with Crippen LogP contribution in [0, 0.1) is 0 Å². The molecule has 0 spiro atoms. The molecule has 0 radical (unpaired) electrons. The second kappa shape index (κ2) is 7.40. The molecule has 25 heavy (non-hydrogen) atoms. The van der Waals surface area contributed by atoms with E-state index in [1.807, 2.05) is 43.3 Å². The fraction of sp³-hybridized carbons (Fsp3) is 0.158. The van der Waals surface area contributed by atoms with Gasteiger partial charge in [0, 0.05) is 30.4 Å². The predicted octanol–water partition coefficient (Wildman–Crippen LogP) is 4.42. The Hall–Kier alpha value is -2.79. The van der Waals surface area contributed by atoms with E-state index in [4.69, 9.17) is 20.8 Å². The van der Waals surface area contributed by atoms with E-state index in [9.17, 15) is 4.79 Å². The zero-order valence-electron chi connectivity index (χ0n) is 13.9. The SMILES string of the molecule is CN(C)c1ccc(C(=O)OCc2ncc(-c3ccc(Cl)cc3)o2)cc1. The van der Waals surface area contributed by atoms with Crippen LogP contribution < -0.4 is 4.90 Å². The molecule has 1 heterocycles. The third-order valence-electron chi connectivity index (χ3n) is 3.63. The normalized spacial score (nSPS) is 10.5. The smallest absolute Gasteiger partial charge is 0.338 e. The maximum absolute atomic E-state index is 12.1. The summed E-state index contributed by atoms with van der Waals surface area (Å²) >= 11 is 5.87. The number of oxazole rings is 1. The molecule has 1 aromatic heterocycles. The van der Waals surface area contributed by atoms with Gasteiger partial charge in [0.1, 0.15) is 0 Å². The van der Waals surface area contributed by atoms with Gasteiger partial charge in [-0.15, -0.1) is 0 Å². The van der Waals surface area contributed by atoms with Crippen LogP contribution in [0.2, 0.25) is 5.02 Å². The minimum atomic E-state index is -0.420. The summed E-state index contributed by atoms with van der Waals surface area (Å²) in [6.45, 7) is -0.0259. The number of ether oxygens (including phenoxy) is 1. The van der Waals surface area contributed by atoms with Crippen molar-refractivity contribution in [3.63, 3.8) is 0 Å². The first-order chi connectivity index (χ1) is 12.0. The number of esters is 1. The van der Waals surface area contributed by atoms with Gasteiger partial charge in [-0.2, -0.15) is 0 Å². The number of halogens is 1. The van der Waals surface area contributed by atoms with Crippen molar-refractivity contribution in [2.45, 2.75) is 6.61 Å². The fourth-order valence-electron chi connectivity index (χ4n) is 2.23. The molecule has 0 atom stereocenters. The summed E-state index contributed by atoms with van der Waals surface area (Å²) in [7, 11) is 3.88. The minimum Gasteiger partial charge on any atom is -0.452 e. The van der Waals surface area contributed by atoms with Gasteiger partial charge < -0.3 is 14.1 Å². The number of anilines is 1.